The van der Waals surface area contributed by atoms with Crippen molar-refractivity contribution in [2.75, 3.05) is 18.5 Å². The highest BCUT2D eigenvalue weighted by atomic mass is 16.4. The van der Waals surface area contributed by atoms with E-state index in [1.165, 1.54) is 6.20 Å². The third kappa shape index (κ3) is 2.95. The summed E-state index contributed by atoms with van der Waals surface area (Å²) in [5.41, 5.74) is 0.514. The van der Waals surface area contributed by atoms with Crippen LogP contribution in [0.15, 0.2) is 18.3 Å². The minimum absolute atomic E-state index is 0.358. The molecule has 0 amide bonds. The first-order valence-electron chi connectivity index (χ1n) is 4.84. The molecule has 0 aliphatic carbocycles. The summed E-state index contributed by atoms with van der Waals surface area (Å²) in [5.74, 6) is -0.715. The fraction of sp³-hybridized carbons (Fsp3) is 0.364. The summed E-state index contributed by atoms with van der Waals surface area (Å²) >= 11 is 0. The van der Waals surface area contributed by atoms with Crippen molar-refractivity contribution in [3.05, 3.63) is 23.9 Å². The molecular formula is C11H13N3O2. The topological polar surface area (TPSA) is 77.2 Å². The number of carbonyl (C=O) groups is 1. The molecule has 1 atom stereocenters. The second-order valence-corrected chi connectivity index (χ2v) is 3.63. The van der Waals surface area contributed by atoms with Gasteiger partial charge in [-0.2, -0.15) is 5.26 Å². The molecule has 0 spiro atoms. The lowest BCUT2D eigenvalue weighted by Crippen LogP contribution is -2.28. The number of carboxylic acid groups (broad SMARTS) is 1. The number of rotatable bonds is 4. The normalized spacial score (nSPS) is 11.6. The summed E-state index contributed by atoms with van der Waals surface area (Å²) in [4.78, 5) is 16.5. The summed E-state index contributed by atoms with van der Waals surface area (Å²) in [6.45, 7) is 1.99. The first-order chi connectivity index (χ1) is 7.54. The Bertz CT molecular complexity index is 425. The number of pyridine rings is 1. The Labute approximate surface area is 93.9 Å². The average Bonchev–Trinajstić information content (AvgIpc) is 2.28. The molecule has 1 aromatic heterocycles. The van der Waals surface area contributed by atoms with Gasteiger partial charge in [-0.1, -0.05) is 6.92 Å². The number of aliphatic carboxylic acids is 1. The Morgan fingerprint density at radius 3 is 3.00 bits per heavy atom. The van der Waals surface area contributed by atoms with Gasteiger partial charge in [0.1, 0.15) is 5.82 Å². The molecule has 0 saturated heterocycles. The first kappa shape index (κ1) is 12.0. The van der Waals surface area contributed by atoms with E-state index in [9.17, 15) is 4.79 Å². The van der Waals surface area contributed by atoms with Gasteiger partial charge in [0.25, 0.3) is 0 Å². The second kappa shape index (κ2) is 5.12. The Balaban J connectivity index is 2.77. The maximum Gasteiger partial charge on any atom is 0.308 e. The quantitative estimate of drug-likeness (QED) is 0.820. The maximum atomic E-state index is 10.7. The smallest absolute Gasteiger partial charge is 0.308 e. The Kier molecular flexibility index (Phi) is 3.84. The molecule has 1 N–H and O–H groups in total. The number of nitriles is 1. The van der Waals surface area contributed by atoms with Crippen molar-refractivity contribution in [3.63, 3.8) is 0 Å². The van der Waals surface area contributed by atoms with Gasteiger partial charge in [0.2, 0.25) is 0 Å². The number of nitrogens with zero attached hydrogens (tertiary/aromatic N) is 3. The number of aromatic nitrogens is 1. The molecule has 0 bridgehead atoms. The molecule has 0 aromatic carbocycles. The standard InChI is InChI=1S/C11H13N3O2/c1-8(11(15)16)7-14(2)10-5-9(6-12)3-4-13-10/h3-5,8H,7H2,1-2H3,(H,15,16). The lowest BCUT2D eigenvalue weighted by molar-refractivity contribution is -0.140. The molecule has 84 valence electrons. The van der Waals surface area contributed by atoms with Crippen LogP contribution in [0.5, 0.6) is 0 Å². The molecule has 0 fully saturated rings. The summed E-state index contributed by atoms with van der Waals surface area (Å²) < 4.78 is 0. The third-order valence-electron chi connectivity index (χ3n) is 2.23. The van der Waals surface area contributed by atoms with Crippen LogP contribution in [0.2, 0.25) is 0 Å². The van der Waals surface area contributed by atoms with Crippen LogP contribution in [0.3, 0.4) is 0 Å². The van der Waals surface area contributed by atoms with Crippen LogP contribution in [-0.2, 0) is 4.79 Å². The summed E-state index contributed by atoms with van der Waals surface area (Å²) in [6.07, 6.45) is 1.54. The number of hydrogen-bond acceptors (Lipinski definition) is 4. The molecular weight excluding hydrogens is 206 g/mol. The van der Waals surface area contributed by atoms with Gasteiger partial charge in [-0.25, -0.2) is 4.98 Å². The van der Waals surface area contributed by atoms with Gasteiger partial charge in [0.05, 0.1) is 17.6 Å². The average molecular weight is 219 g/mol. The second-order valence-electron chi connectivity index (χ2n) is 3.63. The molecule has 0 radical (unpaired) electrons. The molecule has 5 heteroatoms. The molecule has 1 unspecified atom stereocenters. The zero-order valence-corrected chi connectivity index (χ0v) is 9.21. The molecule has 1 aromatic rings. The summed E-state index contributed by atoms with van der Waals surface area (Å²) in [7, 11) is 1.75. The van der Waals surface area contributed by atoms with Crippen molar-refractivity contribution in [2.24, 2.45) is 5.92 Å². The van der Waals surface area contributed by atoms with Gasteiger partial charge < -0.3 is 10.0 Å². The van der Waals surface area contributed by atoms with Gasteiger partial charge in [-0.15, -0.1) is 0 Å². The Morgan fingerprint density at radius 2 is 2.44 bits per heavy atom. The van der Waals surface area contributed by atoms with Crippen molar-refractivity contribution >= 4 is 11.8 Å². The van der Waals surface area contributed by atoms with Crippen LogP contribution in [-0.4, -0.2) is 29.7 Å². The number of carboxylic acids is 1. The summed E-state index contributed by atoms with van der Waals surface area (Å²) in [5, 5.41) is 17.5. The Morgan fingerprint density at radius 1 is 1.75 bits per heavy atom. The molecule has 0 aliphatic rings. The molecule has 0 aliphatic heterocycles. The zero-order valence-electron chi connectivity index (χ0n) is 9.21. The van der Waals surface area contributed by atoms with Crippen molar-refractivity contribution in [2.45, 2.75) is 6.92 Å². The SMILES string of the molecule is CC(CN(C)c1cc(C#N)ccn1)C(=O)O. The van der Waals surface area contributed by atoms with E-state index in [1.807, 2.05) is 6.07 Å². The fourth-order valence-electron chi connectivity index (χ4n) is 1.28. The zero-order chi connectivity index (χ0) is 12.1. The highest BCUT2D eigenvalue weighted by Crippen LogP contribution is 2.12. The van der Waals surface area contributed by atoms with Crippen molar-refractivity contribution in [1.82, 2.24) is 4.98 Å². The van der Waals surface area contributed by atoms with E-state index in [0.717, 1.165) is 0 Å². The van der Waals surface area contributed by atoms with Crippen LogP contribution < -0.4 is 4.90 Å². The van der Waals surface area contributed by atoms with Gasteiger partial charge in [-0.3, -0.25) is 4.79 Å². The molecule has 1 rings (SSSR count). The summed E-state index contributed by atoms with van der Waals surface area (Å²) in [6, 6.07) is 5.26. The van der Waals surface area contributed by atoms with E-state index in [1.54, 1.807) is 31.0 Å². The molecule has 5 nitrogen and oxygen atoms in total. The van der Waals surface area contributed by atoms with Gasteiger partial charge in [0, 0.05) is 19.8 Å². The third-order valence-corrected chi connectivity index (χ3v) is 2.23. The van der Waals surface area contributed by atoms with Crippen LogP contribution in [0.4, 0.5) is 5.82 Å². The largest absolute Gasteiger partial charge is 0.481 e. The van der Waals surface area contributed by atoms with Crippen LogP contribution in [0.1, 0.15) is 12.5 Å². The highest BCUT2D eigenvalue weighted by molar-refractivity contribution is 5.70. The van der Waals surface area contributed by atoms with Crippen molar-refractivity contribution < 1.29 is 9.90 Å². The molecule has 16 heavy (non-hydrogen) atoms. The lowest BCUT2D eigenvalue weighted by Gasteiger charge is -2.20. The van der Waals surface area contributed by atoms with Crippen LogP contribution in [0, 0.1) is 17.2 Å². The lowest BCUT2D eigenvalue weighted by atomic mass is 10.2. The van der Waals surface area contributed by atoms with E-state index in [0.29, 0.717) is 17.9 Å². The van der Waals surface area contributed by atoms with Crippen molar-refractivity contribution in [1.29, 1.82) is 5.26 Å². The predicted molar refractivity (Wildman–Crippen MR) is 59.0 cm³/mol. The van der Waals surface area contributed by atoms with E-state index in [2.05, 4.69) is 4.98 Å². The Hall–Kier alpha value is -2.09. The van der Waals surface area contributed by atoms with Gasteiger partial charge in [-0.05, 0) is 12.1 Å². The molecule has 1 heterocycles. The van der Waals surface area contributed by atoms with Crippen LogP contribution in [0.25, 0.3) is 0 Å². The van der Waals surface area contributed by atoms with Gasteiger partial charge in [0.15, 0.2) is 0 Å². The van der Waals surface area contributed by atoms with Gasteiger partial charge >= 0.3 is 5.97 Å². The van der Waals surface area contributed by atoms with E-state index in [4.69, 9.17) is 10.4 Å². The van der Waals surface area contributed by atoms with E-state index in [-0.39, 0.29) is 0 Å². The predicted octanol–water partition coefficient (Wildman–Crippen LogP) is 1.11. The highest BCUT2D eigenvalue weighted by Gasteiger charge is 2.14. The fourth-order valence-corrected chi connectivity index (χ4v) is 1.28. The van der Waals surface area contributed by atoms with Crippen molar-refractivity contribution in [3.8, 4) is 6.07 Å². The number of anilines is 1. The van der Waals surface area contributed by atoms with E-state index >= 15 is 0 Å². The monoisotopic (exact) mass is 219 g/mol. The minimum atomic E-state index is -0.844. The van der Waals surface area contributed by atoms with E-state index < -0.39 is 11.9 Å². The minimum Gasteiger partial charge on any atom is -0.481 e. The number of hydrogen-bond donors (Lipinski definition) is 1. The van der Waals surface area contributed by atoms with Crippen LogP contribution >= 0.6 is 0 Å². The molecule has 0 saturated carbocycles. The maximum absolute atomic E-state index is 10.7. The first-order valence-corrected chi connectivity index (χ1v) is 4.84.